The number of anilines is 1. The van der Waals surface area contributed by atoms with Crippen molar-refractivity contribution in [3.8, 4) is 0 Å². The van der Waals surface area contributed by atoms with Crippen molar-refractivity contribution in [2.24, 2.45) is 11.8 Å². The van der Waals surface area contributed by atoms with Crippen LogP contribution in [-0.4, -0.2) is 40.7 Å². The van der Waals surface area contributed by atoms with E-state index in [1.165, 1.54) is 4.90 Å². The number of nitrogens with one attached hydrogen (secondary N) is 1. The number of nitrogens with zero attached hydrogens (tertiary/aromatic N) is 1. The largest absolute Gasteiger partial charge is 0.550 e. The molecule has 3 amide bonds. The zero-order valence-electron chi connectivity index (χ0n) is 17.8. The number of rotatable bonds is 4. The molecule has 5 rings (SSSR count). The van der Waals surface area contributed by atoms with E-state index in [2.05, 4.69) is 5.32 Å². The number of nitrogens with two attached hydrogens (primary N) is 1. The second-order valence-electron chi connectivity index (χ2n) is 9.48. The average Bonchev–Trinajstić information content (AvgIpc) is 3.46. The number of amides is 3. The van der Waals surface area contributed by atoms with Crippen molar-refractivity contribution in [2.45, 2.75) is 70.0 Å². The summed E-state index contributed by atoms with van der Waals surface area (Å²) >= 11 is 0. The molecule has 8 heteroatoms. The molecule has 3 fully saturated rings. The molecule has 1 aliphatic carbocycles. The van der Waals surface area contributed by atoms with Crippen LogP contribution in [0, 0.1) is 25.7 Å². The Morgan fingerprint density at radius 3 is 2.58 bits per heavy atom. The van der Waals surface area contributed by atoms with Gasteiger partial charge in [0.05, 0.1) is 5.69 Å². The lowest BCUT2D eigenvalue weighted by Gasteiger charge is -2.29. The fourth-order valence-electron chi connectivity index (χ4n) is 6.37. The normalized spacial score (nSPS) is 32.1. The highest BCUT2D eigenvalue weighted by Crippen LogP contribution is 2.51. The number of likely N-dealkylation sites (tertiary alicyclic amines) is 1. The van der Waals surface area contributed by atoms with Gasteiger partial charge in [0, 0.05) is 24.0 Å². The number of hydrogen-bond acceptors (Lipinski definition) is 5. The Labute approximate surface area is 180 Å². The summed E-state index contributed by atoms with van der Waals surface area (Å²) in [6.45, 7) is 3.89. The second kappa shape index (κ2) is 6.88. The minimum Gasteiger partial charge on any atom is -0.550 e. The molecule has 0 bridgehead atoms. The van der Waals surface area contributed by atoms with Crippen LogP contribution in [0.3, 0.4) is 0 Å². The zero-order chi connectivity index (χ0) is 22.1. The predicted molar refractivity (Wildman–Crippen MR) is 107 cm³/mol. The van der Waals surface area contributed by atoms with Crippen LogP contribution >= 0.6 is 0 Å². The lowest BCUT2D eigenvalue weighted by molar-refractivity contribution is -0.734. The highest BCUT2D eigenvalue weighted by molar-refractivity contribution is 6.14. The molecule has 3 aliphatic heterocycles. The molecule has 164 valence electrons. The smallest absolute Gasteiger partial charge is 0.291 e. The van der Waals surface area contributed by atoms with Crippen LogP contribution in [0.4, 0.5) is 5.69 Å². The molecular formula is C23H27N3O5. The maximum atomic E-state index is 13.7. The van der Waals surface area contributed by atoms with Crippen LogP contribution in [0.15, 0.2) is 12.1 Å². The average molecular weight is 425 g/mol. The Balaban J connectivity index is 1.63. The van der Waals surface area contributed by atoms with Crippen LogP contribution in [0.5, 0.6) is 0 Å². The van der Waals surface area contributed by atoms with Crippen LogP contribution in [-0.2, 0) is 24.7 Å². The topological polar surface area (TPSA) is 123 Å². The van der Waals surface area contributed by atoms with Gasteiger partial charge in [-0.05, 0) is 50.3 Å². The first-order valence-electron chi connectivity index (χ1n) is 11.1. The van der Waals surface area contributed by atoms with Gasteiger partial charge in [-0.3, -0.25) is 19.3 Å². The van der Waals surface area contributed by atoms with Crippen LogP contribution < -0.4 is 15.7 Å². The molecule has 1 spiro atoms. The number of carboxylic acids is 1. The first kappa shape index (κ1) is 20.2. The SMILES string of the molecule is Cc1ccc2c(c1C)NC(=O)[C@@]21[NH2+][C@H](CCC(=O)[O-])[C@H]2C(=O)N(C3CCCC3)C(=O)[C@H]21. The number of hydrogen-bond donors (Lipinski definition) is 2. The molecule has 1 aromatic rings. The summed E-state index contributed by atoms with van der Waals surface area (Å²) in [6, 6.07) is 3.22. The third kappa shape index (κ3) is 2.63. The van der Waals surface area contributed by atoms with Crippen molar-refractivity contribution in [1.29, 1.82) is 0 Å². The first-order chi connectivity index (χ1) is 14.8. The van der Waals surface area contributed by atoms with Gasteiger partial charge in [0.25, 0.3) is 5.91 Å². The van der Waals surface area contributed by atoms with Gasteiger partial charge in [0.15, 0.2) is 0 Å². The van der Waals surface area contributed by atoms with Gasteiger partial charge in [-0.2, -0.15) is 0 Å². The quantitative estimate of drug-likeness (QED) is 0.628. The Morgan fingerprint density at radius 1 is 1.19 bits per heavy atom. The third-order valence-electron chi connectivity index (χ3n) is 7.98. The standard InChI is InChI=1S/C23H27N3O5/c1-11-7-8-14-19(12(11)2)24-22(31)23(14)18-17(15(25-23)9-10-16(27)28)20(29)26(21(18)30)13-5-3-4-6-13/h7-8,13,15,17-18,25H,3-6,9-10H2,1-2H3,(H,24,31)(H,27,28)/t15-,17-,18+,23-/m1/s1. The van der Waals surface area contributed by atoms with E-state index in [1.54, 1.807) is 5.32 Å². The number of quaternary nitrogens is 1. The summed E-state index contributed by atoms with van der Waals surface area (Å²) in [6.07, 6.45) is 3.49. The van der Waals surface area contributed by atoms with Gasteiger partial charge >= 0.3 is 0 Å². The minimum absolute atomic E-state index is 0.117. The number of imide groups is 1. The van der Waals surface area contributed by atoms with E-state index in [-0.39, 0.29) is 36.6 Å². The number of aryl methyl sites for hydroxylation is 1. The summed E-state index contributed by atoms with van der Waals surface area (Å²) in [4.78, 5) is 53.3. The lowest BCUT2D eigenvalue weighted by Crippen LogP contribution is -2.99. The Morgan fingerprint density at radius 2 is 1.90 bits per heavy atom. The van der Waals surface area contributed by atoms with Crippen molar-refractivity contribution < 1.29 is 29.6 Å². The van der Waals surface area contributed by atoms with Gasteiger partial charge in [0.2, 0.25) is 17.4 Å². The Hall–Kier alpha value is -2.74. The number of carbonyl (C=O) groups excluding carboxylic acids is 4. The molecule has 31 heavy (non-hydrogen) atoms. The summed E-state index contributed by atoms with van der Waals surface area (Å²) in [7, 11) is 0. The van der Waals surface area contributed by atoms with Gasteiger partial charge in [-0.15, -0.1) is 0 Å². The van der Waals surface area contributed by atoms with E-state index < -0.39 is 29.4 Å². The molecule has 4 aliphatic rings. The van der Waals surface area contributed by atoms with Gasteiger partial charge in [-0.25, -0.2) is 0 Å². The molecule has 8 nitrogen and oxygen atoms in total. The zero-order valence-corrected chi connectivity index (χ0v) is 17.8. The van der Waals surface area contributed by atoms with E-state index in [0.717, 1.165) is 42.4 Å². The summed E-state index contributed by atoms with van der Waals surface area (Å²) in [5, 5.41) is 15.9. The lowest BCUT2D eigenvalue weighted by atomic mass is 9.76. The number of aliphatic carboxylic acids is 1. The van der Waals surface area contributed by atoms with Crippen molar-refractivity contribution in [3.63, 3.8) is 0 Å². The van der Waals surface area contributed by atoms with Crippen LogP contribution in [0.1, 0.15) is 55.2 Å². The fraction of sp³-hybridized carbons (Fsp3) is 0.565. The van der Waals surface area contributed by atoms with Crippen LogP contribution in [0.2, 0.25) is 0 Å². The Bertz CT molecular complexity index is 1010. The first-order valence-corrected chi connectivity index (χ1v) is 11.1. The Kier molecular flexibility index (Phi) is 4.48. The summed E-state index contributed by atoms with van der Waals surface area (Å²) in [5.74, 6) is -3.55. The van der Waals surface area contributed by atoms with Crippen molar-refractivity contribution in [1.82, 2.24) is 4.90 Å². The minimum atomic E-state index is -1.24. The van der Waals surface area contributed by atoms with Crippen molar-refractivity contribution in [3.05, 3.63) is 28.8 Å². The van der Waals surface area contributed by atoms with Gasteiger partial charge in [-0.1, -0.05) is 18.9 Å². The van der Waals surface area contributed by atoms with E-state index in [4.69, 9.17) is 0 Å². The molecule has 3 N–H and O–H groups in total. The molecule has 0 unspecified atom stereocenters. The monoisotopic (exact) mass is 425 g/mol. The molecule has 4 atom stereocenters. The second-order valence-corrected chi connectivity index (χ2v) is 9.48. The van der Waals surface area contributed by atoms with E-state index in [9.17, 15) is 24.3 Å². The van der Waals surface area contributed by atoms with E-state index in [0.29, 0.717) is 5.69 Å². The number of carboxylic acid groups (broad SMARTS) is 1. The predicted octanol–water partition coefficient (Wildman–Crippen LogP) is -0.530. The fourth-order valence-corrected chi connectivity index (χ4v) is 6.37. The molecular weight excluding hydrogens is 398 g/mol. The van der Waals surface area contributed by atoms with Gasteiger partial charge in [0.1, 0.15) is 17.9 Å². The van der Waals surface area contributed by atoms with E-state index >= 15 is 0 Å². The maximum Gasteiger partial charge on any atom is 0.291 e. The number of fused-ring (bicyclic) bond motifs is 4. The highest BCUT2D eigenvalue weighted by Gasteiger charge is 2.74. The summed E-state index contributed by atoms with van der Waals surface area (Å²) in [5.41, 5.74) is 2.16. The summed E-state index contributed by atoms with van der Waals surface area (Å²) < 4.78 is 0. The molecule has 1 aromatic carbocycles. The van der Waals surface area contributed by atoms with E-state index in [1.807, 2.05) is 26.0 Å². The maximum absolute atomic E-state index is 13.7. The molecule has 1 saturated carbocycles. The molecule has 0 aromatic heterocycles. The van der Waals surface area contributed by atoms with Crippen LogP contribution in [0.25, 0.3) is 0 Å². The third-order valence-corrected chi connectivity index (χ3v) is 7.98. The highest BCUT2D eigenvalue weighted by atomic mass is 16.4. The van der Waals surface area contributed by atoms with Crippen molar-refractivity contribution >= 4 is 29.4 Å². The molecule has 2 saturated heterocycles. The van der Waals surface area contributed by atoms with Gasteiger partial charge < -0.3 is 20.5 Å². The number of benzene rings is 1. The molecule has 0 radical (unpaired) electrons. The number of carbonyl (C=O) groups is 4. The molecule has 3 heterocycles. The van der Waals surface area contributed by atoms with Crippen molar-refractivity contribution in [2.75, 3.05) is 5.32 Å².